The van der Waals surface area contributed by atoms with Gasteiger partial charge in [-0.2, -0.15) is 5.10 Å². The van der Waals surface area contributed by atoms with E-state index in [1.807, 2.05) is 0 Å². The third-order valence-corrected chi connectivity index (χ3v) is 2.31. The van der Waals surface area contributed by atoms with Gasteiger partial charge in [-0.3, -0.25) is 10.1 Å². The fourth-order valence-corrected chi connectivity index (χ4v) is 0.989. The second-order valence-electron chi connectivity index (χ2n) is 3.88. The number of rotatable bonds is 4. The molecule has 8 nitrogen and oxygen atoms in total. The first-order valence-corrected chi connectivity index (χ1v) is 5.35. The third kappa shape index (κ3) is 3.96. The number of carboxylic acids is 1. The van der Waals surface area contributed by atoms with Crippen LogP contribution in [0.4, 0.5) is 10.7 Å². The van der Waals surface area contributed by atoms with Crippen LogP contribution in [-0.2, 0) is 4.79 Å². The molecule has 0 bridgehead atoms. The Balaban J connectivity index is 2.49. The number of anilines is 1. The number of amides is 2. The average Bonchev–Trinajstić information content (AvgIpc) is 2.30. The lowest BCUT2D eigenvalue weighted by atomic mass is 10.2. The Labute approximate surface area is 104 Å². The number of urea groups is 1. The second kappa shape index (κ2) is 5.89. The van der Waals surface area contributed by atoms with E-state index >= 15 is 0 Å². The number of hydrogen-bond donors (Lipinski definition) is 3. The van der Waals surface area contributed by atoms with Gasteiger partial charge < -0.3 is 10.4 Å². The minimum Gasteiger partial charge on any atom is -0.481 e. The molecule has 18 heavy (non-hydrogen) atoms. The van der Waals surface area contributed by atoms with E-state index in [0.29, 0.717) is 11.4 Å². The van der Waals surface area contributed by atoms with E-state index in [9.17, 15) is 9.59 Å². The van der Waals surface area contributed by atoms with Crippen LogP contribution in [0.3, 0.4) is 0 Å². The molecule has 1 heterocycles. The number of carbonyl (C=O) groups excluding carboxylic acids is 1. The molecule has 8 heteroatoms. The van der Waals surface area contributed by atoms with Crippen molar-refractivity contribution in [2.24, 2.45) is 5.92 Å². The van der Waals surface area contributed by atoms with Crippen molar-refractivity contribution in [3.63, 3.8) is 0 Å². The van der Waals surface area contributed by atoms with Crippen molar-refractivity contribution in [1.29, 1.82) is 0 Å². The molecule has 1 atom stereocenters. The summed E-state index contributed by atoms with van der Waals surface area (Å²) in [7, 11) is 0. The van der Waals surface area contributed by atoms with Crippen molar-refractivity contribution in [3.05, 3.63) is 11.4 Å². The van der Waals surface area contributed by atoms with Crippen LogP contribution < -0.4 is 10.6 Å². The molecule has 0 fully saturated rings. The summed E-state index contributed by atoms with van der Waals surface area (Å²) in [5.41, 5.74) is 1.35. The van der Waals surface area contributed by atoms with Gasteiger partial charge in [0, 0.05) is 6.54 Å². The fourth-order valence-electron chi connectivity index (χ4n) is 0.989. The Bertz CT molecular complexity index is 463. The molecule has 1 rings (SSSR count). The van der Waals surface area contributed by atoms with E-state index in [2.05, 4.69) is 25.8 Å². The number of nitrogens with one attached hydrogen (secondary N) is 2. The van der Waals surface area contributed by atoms with Gasteiger partial charge in [0.25, 0.3) is 5.95 Å². The molecule has 1 unspecified atom stereocenters. The SMILES string of the molecule is Cc1nnc(NC(=O)NCC(C)C(=O)O)nc1C. The Hall–Kier alpha value is -2.25. The van der Waals surface area contributed by atoms with Crippen LogP contribution in [0.2, 0.25) is 0 Å². The Morgan fingerprint density at radius 2 is 1.94 bits per heavy atom. The van der Waals surface area contributed by atoms with E-state index < -0.39 is 17.9 Å². The minimum absolute atomic E-state index is 0.0272. The fraction of sp³-hybridized carbons (Fsp3) is 0.500. The number of aryl methyl sites for hydroxylation is 2. The smallest absolute Gasteiger partial charge is 0.321 e. The lowest BCUT2D eigenvalue weighted by molar-refractivity contribution is -0.140. The zero-order valence-electron chi connectivity index (χ0n) is 10.4. The number of carboxylic acid groups (broad SMARTS) is 1. The van der Waals surface area contributed by atoms with Crippen LogP contribution >= 0.6 is 0 Å². The maximum Gasteiger partial charge on any atom is 0.321 e. The molecule has 0 radical (unpaired) electrons. The predicted molar refractivity (Wildman–Crippen MR) is 63.1 cm³/mol. The highest BCUT2D eigenvalue weighted by atomic mass is 16.4. The van der Waals surface area contributed by atoms with Gasteiger partial charge in [0.15, 0.2) is 0 Å². The Morgan fingerprint density at radius 1 is 1.28 bits per heavy atom. The van der Waals surface area contributed by atoms with Gasteiger partial charge in [-0.1, -0.05) is 6.92 Å². The quantitative estimate of drug-likeness (QED) is 0.711. The van der Waals surface area contributed by atoms with Gasteiger partial charge in [-0.05, 0) is 13.8 Å². The van der Waals surface area contributed by atoms with E-state index in [1.54, 1.807) is 13.8 Å². The topological polar surface area (TPSA) is 117 Å². The summed E-state index contributed by atoms with van der Waals surface area (Å²) in [6, 6.07) is -0.562. The average molecular weight is 253 g/mol. The summed E-state index contributed by atoms with van der Waals surface area (Å²) in [6.45, 7) is 5.03. The van der Waals surface area contributed by atoms with E-state index in [0.717, 1.165) is 0 Å². The van der Waals surface area contributed by atoms with Crippen LogP contribution in [0.1, 0.15) is 18.3 Å². The summed E-state index contributed by atoms with van der Waals surface area (Å²) in [5, 5.41) is 20.9. The highest BCUT2D eigenvalue weighted by molar-refractivity contribution is 5.87. The Morgan fingerprint density at radius 3 is 2.50 bits per heavy atom. The molecular formula is C10H15N5O3. The number of carbonyl (C=O) groups is 2. The molecule has 1 aromatic heterocycles. The van der Waals surface area contributed by atoms with Crippen LogP contribution in [0.15, 0.2) is 0 Å². The highest BCUT2D eigenvalue weighted by Gasteiger charge is 2.12. The van der Waals surface area contributed by atoms with E-state index in [1.165, 1.54) is 6.92 Å². The van der Waals surface area contributed by atoms with Crippen LogP contribution in [-0.4, -0.2) is 38.8 Å². The first-order valence-electron chi connectivity index (χ1n) is 5.35. The number of aliphatic carboxylic acids is 1. The molecule has 0 saturated carbocycles. The molecule has 0 aromatic carbocycles. The molecule has 0 spiro atoms. The largest absolute Gasteiger partial charge is 0.481 e. The van der Waals surface area contributed by atoms with E-state index in [-0.39, 0.29) is 12.5 Å². The predicted octanol–water partition coefficient (Wildman–Crippen LogP) is 0.331. The van der Waals surface area contributed by atoms with Gasteiger partial charge >= 0.3 is 12.0 Å². The second-order valence-corrected chi connectivity index (χ2v) is 3.88. The standard InChI is InChI=1S/C10H15N5O3/c1-5(8(16)17)4-11-10(18)13-9-12-6(2)7(3)14-15-9/h5H,4H2,1-3H3,(H,16,17)(H2,11,12,13,15,18). The zero-order valence-corrected chi connectivity index (χ0v) is 10.4. The minimum atomic E-state index is -0.973. The van der Waals surface area contributed by atoms with Crippen molar-refractivity contribution in [2.75, 3.05) is 11.9 Å². The number of nitrogens with zero attached hydrogens (tertiary/aromatic N) is 3. The van der Waals surface area contributed by atoms with Crippen molar-refractivity contribution >= 4 is 17.9 Å². The number of aromatic nitrogens is 3. The van der Waals surface area contributed by atoms with Gasteiger partial charge in [-0.15, -0.1) is 5.10 Å². The van der Waals surface area contributed by atoms with Crippen LogP contribution in [0.5, 0.6) is 0 Å². The summed E-state index contributed by atoms with van der Waals surface area (Å²) in [5.74, 6) is -1.55. The summed E-state index contributed by atoms with van der Waals surface area (Å²) < 4.78 is 0. The molecule has 0 aliphatic heterocycles. The molecule has 98 valence electrons. The molecule has 1 aromatic rings. The monoisotopic (exact) mass is 253 g/mol. The highest BCUT2D eigenvalue weighted by Crippen LogP contribution is 2.01. The molecule has 0 aliphatic carbocycles. The van der Waals surface area contributed by atoms with Crippen molar-refractivity contribution in [2.45, 2.75) is 20.8 Å². The maximum absolute atomic E-state index is 11.4. The Kier molecular flexibility index (Phi) is 4.52. The zero-order chi connectivity index (χ0) is 13.7. The van der Waals surface area contributed by atoms with Crippen molar-refractivity contribution < 1.29 is 14.7 Å². The van der Waals surface area contributed by atoms with Crippen LogP contribution in [0, 0.1) is 19.8 Å². The summed E-state index contributed by atoms with van der Waals surface area (Å²) >= 11 is 0. The van der Waals surface area contributed by atoms with Gasteiger partial charge in [-0.25, -0.2) is 9.78 Å². The molecule has 0 aliphatic rings. The lowest BCUT2D eigenvalue weighted by Crippen LogP contribution is -2.35. The summed E-state index contributed by atoms with van der Waals surface area (Å²) in [4.78, 5) is 26.0. The lowest BCUT2D eigenvalue weighted by Gasteiger charge is -2.09. The molecule has 3 N–H and O–H groups in total. The van der Waals surface area contributed by atoms with Crippen molar-refractivity contribution in [3.8, 4) is 0 Å². The summed E-state index contributed by atoms with van der Waals surface area (Å²) in [6.07, 6.45) is 0. The van der Waals surface area contributed by atoms with E-state index in [4.69, 9.17) is 5.11 Å². The number of hydrogen-bond acceptors (Lipinski definition) is 5. The maximum atomic E-state index is 11.4. The van der Waals surface area contributed by atoms with Crippen molar-refractivity contribution in [1.82, 2.24) is 20.5 Å². The normalized spacial score (nSPS) is 11.7. The molecular weight excluding hydrogens is 238 g/mol. The van der Waals surface area contributed by atoms with Gasteiger partial charge in [0.2, 0.25) is 0 Å². The third-order valence-electron chi connectivity index (χ3n) is 2.31. The first-order chi connectivity index (χ1) is 8.40. The first kappa shape index (κ1) is 13.8. The molecule has 0 saturated heterocycles. The van der Waals surface area contributed by atoms with Crippen LogP contribution in [0.25, 0.3) is 0 Å². The van der Waals surface area contributed by atoms with Gasteiger partial charge in [0.1, 0.15) is 0 Å². The van der Waals surface area contributed by atoms with Gasteiger partial charge in [0.05, 0.1) is 17.3 Å². The molecule has 2 amide bonds.